The zero-order valence-corrected chi connectivity index (χ0v) is 6.40. The van der Waals surface area contributed by atoms with E-state index in [9.17, 15) is 0 Å². The van der Waals surface area contributed by atoms with Gasteiger partial charge in [-0.25, -0.2) is 0 Å². The van der Waals surface area contributed by atoms with Gasteiger partial charge in [0.25, 0.3) is 0 Å². The summed E-state index contributed by atoms with van der Waals surface area (Å²) in [5.74, 6) is 0.657. The standard InChI is InChI=1S/C9H17/c1-4-7-8-9(5-2)6-3/h5,9H,2-4,6-8H2,1H3. The van der Waals surface area contributed by atoms with Gasteiger partial charge in [-0.1, -0.05) is 32.8 Å². The highest BCUT2D eigenvalue weighted by Crippen LogP contribution is 2.11. The van der Waals surface area contributed by atoms with Crippen molar-refractivity contribution in [3.05, 3.63) is 19.6 Å². The predicted octanol–water partition coefficient (Wildman–Crippen LogP) is 3.20. The minimum Gasteiger partial charge on any atom is -0.103 e. The topological polar surface area (TPSA) is 0 Å². The molecule has 0 spiro atoms. The Labute approximate surface area is 59.0 Å². The SMILES string of the molecule is [CH2]CC(C=C)CCCC. The van der Waals surface area contributed by atoms with Crippen LogP contribution in [0.3, 0.4) is 0 Å². The van der Waals surface area contributed by atoms with E-state index in [1.54, 1.807) is 0 Å². The van der Waals surface area contributed by atoms with Gasteiger partial charge in [-0.2, -0.15) is 0 Å². The van der Waals surface area contributed by atoms with E-state index in [4.69, 9.17) is 0 Å². The smallest absolute Gasteiger partial charge is 0.0236 e. The van der Waals surface area contributed by atoms with Gasteiger partial charge >= 0.3 is 0 Å². The summed E-state index contributed by atoms with van der Waals surface area (Å²) < 4.78 is 0. The van der Waals surface area contributed by atoms with Gasteiger partial charge in [-0.05, 0) is 18.8 Å². The molecule has 0 aliphatic heterocycles. The Morgan fingerprint density at radius 1 is 1.56 bits per heavy atom. The highest BCUT2D eigenvalue weighted by Gasteiger charge is 1.97. The maximum Gasteiger partial charge on any atom is -0.0236 e. The first-order valence-corrected chi connectivity index (χ1v) is 3.77. The van der Waals surface area contributed by atoms with E-state index in [1.807, 2.05) is 6.08 Å². The molecule has 0 aliphatic rings. The summed E-state index contributed by atoms with van der Waals surface area (Å²) in [6.07, 6.45) is 6.88. The van der Waals surface area contributed by atoms with E-state index in [0.717, 1.165) is 6.42 Å². The molecule has 0 nitrogen and oxygen atoms in total. The summed E-state index contributed by atoms with van der Waals surface area (Å²) in [6, 6.07) is 0. The molecule has 0 aromatic carbocycles. The molecule has 1 radical (unpaired) electrons. The number of allylic oxidation sites excluding steroid dienone is 1. The molecule has 0 heteroatoms. The van der Waals surface area contributed by atoms with E-state index in [0.29, 0.717) is 5.92 Å². The van der Waals surface area contributed by atoms with Gasteiger partial charge < -0.3 is 0 Å². The van der Waals surface area contributed by atoms with Crippen LogP contribution in [0.4, 0.5) is 0 Å². The second-order valence-corrected chi connectivity index (χ2v) is 2.43. The second kappa shape index (κ2) is 5.87. The monoisotopic (exact) mass is 125 g/mol. The molecule has 0 N–H and O–H groups in total. The molecule has 0 aliphatic carbocycles. The molecule has 53 valence electrons. The largest absolute Gasteiger partial charge is 0.103 e. The molecular formula is C9H17. The fourth-order valence-corrected chi connectivity index (χ4v) is 0.846. The summed E-state index contributed by atoms with van der Waals surface area (Å²) in [6.45, 7) is 9.79. The average Bonchev–Trinajstić information content (AvgIpc) is 1.91. The second-order valence-electron chi connectivity index (χ2n) is 2.43. The predicted molar refractivity (Wildman–Crippen MR) is 43.2 cm³/mol. The molecule has 0 aromatic rings. The molecule has 0 rings (SSSR count). The molecule has 0 fully saturated rings. The zero-order valence-electron chi connectivity index (χ0n) is 6.40. The molecule has 0 aromatic heterocycles. The van der Waals surface area contributed by atoms with E-state index < -0.39 is 0 Å². The van der Waals surface area contributed by atoms with Crippen molar-refractivity contribution in [1.29, 1.82) is 0 Å². The third kappa shape index (κ3) is 4.26. The Balaban J connectivity index is 3.20. The van der Waals surface area contributed by atoms with Crippen LogP contribution in [0.5, 0.6) is 0 Å². The number of hydrogen-bond donors (Lipinski definition) is 0. The summed E-state index contributed by atoms with van der Waals surface area (Å²) in [5.41, 5.74) is 0. The Bertz CT molecular complexity index is 64.4. The fourth-order valence-electron chi connectivity index (χ4n) is 0.846. The van der Waals surface area contributed by atoms with Crippen LogP contribution in [0.2, 0.25) is 0 Å². The Kier molecular flexibility index (Phi) is 5.70. The molecular weight excluding hydrogens is 108 g/mol. The Morgan fingerprint density at radius 3 is 2.56 bits per heavy atom. The summed E-state index contributed by atoms with van der Waals surface area (Å²) in [4.78, 5) is 0. The Hall–Kier alpha value is -0.260. The third-order valence-electron chi connectivity index (χ3n) is 1.63. The van der Waals surface area contributed by atoms with Crippen LogP contribution in [0.1, 0.15) is 32.6 Å². The van der Waals surface area contributed by atoms with E-state index >= 15 is 0 Å². The van der Waals surface area contributed by atoms with Crippen molar-refractivity contribution in [2.24, 2.45) is 5.92 Å². The highest BCUT2D eigenvalue weighted by molar-refractivity contribution is 4.78. The van der Waals surface area contributed by atoms with Gasteiger partial charge in [0.2, 0.25) is 0 Å². The quantitative estimate of drug-likeness (QED) is 0.495. The molecule has 0 bridgehead atoms. The van der Waals surface area contributed by atoms with Gasteiger partial charge in [0.05, 0.1) is 0 Å². The van der Waals surface area contributed by atoms with Crippen LogP contribution in [0.25, 0.3) is 0 Å². The molecule has 0 heterocycles. The highest BCUT2D eigenvalue weighted by atomic mass is 14.0. The van der Waals surface area contributed by atoms with Crippen LogP contribution in [0.15, 0.2) is 12.7 Å². The van der Waals surface area contributed by atoms with Gasteiger partial charge in [-0.15, -0.1) is 6.58 Å². The van der Waals surface area contributed by atoms with Gasteiger partial charge in [0.15, 0.2) is 0 Å². The zero-order chi connectivity index (χ0) is 7.11. The fraction of sp³-hybridized carbons (Fsp3) is 0.667. The van der Waals surface area contributed by atoms with Crippen LogP contribution in [-0.4, -0.2) is 0 Å². The van der Waals surface area contributed by atoms with Crippen LogP contribution in [-0.2, 0) is 0 Å². The van der Waals surface area contributed by atoms with Gasteiger partial charge in [-0.3, -0.25) is 0 Å². The Morgan fingerprint density at radius 2 is 2.22 bits per heavy atom. The average molecular weight is 125 g/mol. The molecule has 0 saturated heterocycles. The van der Waals surface area contributed by atoms with Crippen LogP contribution < -0.4 is 0 Å². The minimum absolute atomic E-state index is 0.657. The molecule has 0 saturated carbocycles. The van der Waals surface area contributed by atoms with Crippen molar-refractivity contribution in [3.8, 4) is 0 Å². The lowest BCUT2D eigenvalue weighted by Gasteiger charge is -2.06. The summed E-state index contributed by atoms with van der Waals surface area (Å²) in [5, 5.41) is 0. The van der Waals surface area contributed by atoms with E-state index in [2.05, 4.69) is 20.4 Å². The van der Waals surface area contributed by atoms with Crippen LogP contribution >= 0.6 is 0 Å². The van der Waals surface area contributed by atoms with Gasteiger partial charge in [0, 0.05) is 0 Å². The molecule has 1 unspecified atom stereocenters. The molecule has 0 amide bonds. The molecule has 1 atom stereocenters. The first kappa shape index (κ1) is 8.74. The van der Waals surface area contributed by atoms with E-state index in [-0.39, 0.29) is 0 Å². The van der Waals surface area contributed by atoms with Crippen molar-refractivity contribution in [2.75, 3.05) is 0 Å². The lowest BCUT2D eigenvalue weighted by molar-refractivity contribution is 0.561. The number of hydrogen-bond acceptors (Lipinski definition) is 0. The molecule has 9 heavy (non-hydrogen) atoms. The lowest BCUT2D eigenvalue weighted by Crippen LogP contribution is -1.92. The van der Waals surface area contributed by atoms with Crippen molar-refractivity contribution in [3.63, 3.8) is 0 Å². The number of unbranched alkanes of at least 4 members (excludes halogenated alkanes) is 1. The van der Waals surface area contributed by atoms with Crippen molar-refractivity contribution < 1.29 is 0 Å². The first-order chi connectivity index (χ1) is 4.35. The maximum atomic E-state index is 3.84. The van der Waals surface area contributed by atoms with Crippen molar-refractivity contribution in [1.82, 2.24) is 0 Å². The van der Waals surface area contributed by atoms with Crippen molar-refractivity contribution in [2.45, 2.75) is 32.6 Å². The first-order valence-electron chi connectivity index (χ1n) is 3.77. The maximum absolute atomic E-state index is 3.84. The summed E-state index contributed by atoms with van der Waals surface area (Å²) >= 11 is 0. The van der Waals surface area contributed by atoms with E-state index in [1.165, 1.54) is 19.3 Å². The minimum atomic E-state index is 0.657. The van der Waals surface area contributed by atoms with Gasteiger partial charge in [0.1, 0.15) is 0 Å². The lowest BCUT2D eigenvalue weighted by atomic mass is 10.00. The third-order valence-corrected chi connectivity index (χ3v) is 1.63. The normalized spacial score (nSPS) is 13.1. The summed E-state index contributed by atoms with van der Waals surface area (Å²) in [7, 11) is 0. The number of rotatable bonds is 5. The van der Waals surface area contributed by atoms with Crippen molar-refractivity contribution >= 4 is 0 Å². The van der Waals surface area contributed by atoms with Crippen LogP contribution in [0, 0.1) is 12.8 Å².